The van der Waals surface area contributed by atoms with Gasteiger partial charge in [0.25, 0.3) is 5.91 Å². The number of piperidine rings is 1. The number of aryl methyl sites for hydroxylation is 1. The average Bonchev–Trinajstić information content (AvgIpc) is 3.34. The standard InChI is InChI=1S/C34H48N4O3/c1-25(2)15-21-37(22-16-26(3)4)33(39)27-17-23-38-31(24-27)30(14-11-20-36-18-9-6-10-19-36)32(35-38)28-12-7-8-13-29(28)34(40)41-5/h7-8,12-13,17,23-26H,6,9-11,14-16,18-22H2,1-5H3. The fraction of sp³-hybridized carbons (Fsp3) is 0.559. The van der Waals surface area contributed by atoms with Crippen LogP contribution in [-0.4, -0.2) is 71.1 Å². The van der Waals surface area contributed by atoms with E-state index in [9.17, 15) is 9.59 Å². The number of carbonyl (C=O) groups is 2. The molecule has 1 aromatic carbocycles. The minimum absolute atomic E-state index is 0.0748. The van der Waals surface area contributed by atoms with Crippen LogP contribution in [0.25, 0.3) is 16.8 Å². The first-order valence-corrected chi connectivity index (χ1v) is 15.5. The molecule has 222 valence electrons. The summed E-state index contributed by atoms with van der Waals surface area (Å²) in [4.78, 5) is 31.1. The predicted molar refractivity (Wildman–Crippen MR) is 165 cm³/mol. The summed E-state index contributed by atoms with van der Waals surface area (Å²) >= 11 is 0. The Morgan fingerprint density at radius 1 is 0.976 bits per heavy atom. The Balaban J connectivity index is 1.71. The lowest BCUT2D eigenvalue weighted by atomic mass is 9.97. The maximum Gasteiger partial charge on any atom is 0.338 e. The number of carbonyl (C=O) groups excluding carboxylic acids is 2. The summed E-state index contributed by atoms with van der Waals surface area (Å²) in [5, 5.41) is 4.96. The van der Waals surface area contributed by atoms with Crippen molar-refractivity contribution < 1.29 is 14.3 Å². The molecule has 4 rings (SSSR count). The first-order valence-electron chi connectivity index (χ1n) is 15.5. The van der Waals surface area contributed by atoms with Crippen molar-refractivity contribution >= 4 is 17.4 Å². The van der Waals surface area contributed by atoms with Gasteiger partial charge in [0, 0.05) is 36.0 Å². The van der Waals surface area contributed by atoms with E-state index in [1.807, 2.05) is 45.9 Å². The molecule has 1 aliphatic rings. The van der Waals surface area contributed by atoms with Crippen LogP contribution >= 0.6 is 0 Å². The molecule has 0 radical (unpaired) electrons. The summed E-state index contributed by atoms with van der Waals surface area (Å²) in [6.45, 7) is 13.7. The zero-order valence-corrected chi connectivity index (χ0v) is 25.7. The highest BCUT2D eigenvalue weighted by Crippen LogP contribution is 2.31. The lowest BCUT2D eigenvalue weighted by Gasteiger charge is -2.26. The van der Waals surface area contributed by atoms with E-state index in [1.54, 1.807) is 6.07 Å². The number of hydrogen-bond donors (Lipinski definition) is 0. The number of benzene rings is 1. The lowest BCUT2D eigenvalue weighted by molar-refractivity contribution is 0.0601. The van der Waals surface area contributed by atoms with Crippen LogP contribution in [0, 0.1) is 11.8 Å². The van der Waals surface area contributed by atoms with Crippen molar-refractivity contribution in [3.05, 3.63) is 59.3 Å². The zero-order valence-electron chi connectivity index (χ0n) is 25.7. The van der Waals surface area contributed by atoms with E-state index in [0.717, 1.165) is 80.7 Å². The maximum absolute atomic E-state index is 13.8. The van der Waals surface area contributed by atoms with Crippen LogP contribution in [0.3, 0.4) is 0 Å². The van der Waals surface area contributed by atoms with E-state index in [4.69, 9.17) is 9.84 Å². The topological polar surface area (TPSA) is 67.1 Å². The molecular weight excluding hydrogens is 512 g/mol. The quantitative estimate of drug-likeness (QED) is 0.217. The van der Waals surface area contributed by atoms with Gasteiger partial charge in [-0.2, -0.15) is 5.10 Å². The second-order valence-electron chi connectivity index (χ2n) is 12.3. The third-order valence-corrected chi connectivity index (χ3v) is 8.16. The number of amides is 1. The van der Waals surface area contributed by atoms with Crippen LogP contribution in [0.5, 0.6) is 0 Å². The first-order chi connectivity index (χ1) is 19.8. The van der Waals surface area contributed by atoms with E-state index in [-0.39, 0.29) is 11.9 Å². The highest BCUT2D eigenvalue weighted by molar-refractivity contribution is 5.98. The molecule has 0 bridgehead atoms. The number of likely N-dealkylation sites (tertiary alicyclic amines) is 1. The van der Waals surface area contributed by atoms with Crippen molar-refractivity contribution in [3.8, 4) is 11.3 Å². The molecule has 0 aliphatic carbocycles. The van der Waals surface area contributed by atoms with Crippen LogP contribution in [0.4, 0.5) is 0 Å². The highest BCUT2D eigenvalue weighted by Gasteiger charge is 2.23. The molecule has 7 heteroatoms. The molecule has 2 aromatic heterocycles. The van der Waals surface area contributed by atoms with E-state index in [2.05, 4.69) is 32.6 Å². The van der Waals surface area contributed by atoms with E-state index in [0.29, 0.717) is 23.0 Å². The Morgan fingerprint density at radius 2 is 1.66 bits per heavy atom. The van der Waals surface area contributed by atoms with Crippen molar-refractivity contribution in [1.29, 1.82) is 0 Å². The molecule has 7 nitrogen and oxygen atoms in total. The largest absolute Gasteiger partial charge is 0.465 e. The molecule has 0 unspecified atom stereocenters. The monoisotopic (exact) mass is 560 g/mol. The summed E-state index contributed by atoms with van der Waals surface area (Å²) in [7, 11) is 1.41. The molecule has 0 atom stereocenters. The molecule has 0 spiro atoms. The number of ether oxygens (including phenoxy) is 1. The van der Waals surface area contributed by atoms with Gasteiger partial charge in [0.1, 0.15) is 0 Å². The summed E-state index contributed by atoms with van der Waals surface area (Å²) in [5.74, 6) is 0.765. The van der Waals surface area contributed by atoms with Gasteiger partial charge in [0.2, 0.25) is 0 Å². The fourth-order valence-electron chi connectivity index (χ4n) is 5.66. The second-order valence-corrected chi connectivity index (χ2v) is 12.3. The van der Waals surface area contributed by atoms with Gasteiger partial charge in [-0.05, 0) is 88.2 Å². The third-order valence-electron chi connectivity index (χ3n) is 8.16. The molecule has 0 N–H and O–H groups in total. The van der Waals surface area contributed by atoms with Gasteiger partial charge in [-0.25, -0.2) is 9.31 Å². The molecule has 3 heterocycles. The Labute approximate surface area is 245 Å². The normalized spacial score (nSPS) is 14.2. The molecule has 0 saturated carbocycles. The number of methoxy groups -OCH3 is 1. The van der Waals surface area contributed by atoms with Gasteiger partial charge in [0.05, 0.1) is 23.9 Å². The minimum Gasteiger partial charge on any atom is -0.465 e. The Morgan fingerprint density at radius 3 is 2.32 bits per heavy atom. The minimum atomic E-state index is -0.376. The lowest BCUT2D eigenvalue weighted by Crippen LogP contribution is -2.34. The van der Waals surface area contributed by atoms with Gasteiger partial charge in [-0.15, -0.1) is 0 Å². The van der Waals surface area contributed by atoms with Crippen molar-refractivity contribution in [2.75, 3.05) is 39.8 Å². The van der Waals surface area contributed by atoms with Crippen molar-refractivity contribution in [1.82, 2.24) is 19.4 Å². The van der Waals surface area contributed by atoms with Crippen molar-refractivity contribution in [2.45, 2.75) is 72.6 Å². The van der Waals surface area contributed by atoms with Crippen molar-refractivity contribution in [3.63, 3.8) is 0 Å². The number of pyridine rings is 1. The van der Waals surface area contributed by atoms with Crippen molar-refractivity contribution in [2.24, 2.45) is 11.8 Å². The van der Waals surface area contributed by atoms with Gasteiger partial charge >= 0.3 is 5.97 Å². The van der Waals surface area contributed by atoms with Crippen LogP contribution in [0.1, 0.15) is 92.5 Å². The summed E-state index contributed by atoms with van der Waals surface area (Å²) in [6, 6.07) is 11.4. The van der Waals surface area contributed by atoms with Crippen LogP contribution < -0.4 is 0 Å². The predicted octanol–water partition coefficient (Wildman–Crippen LogP) is 6.74. The number of esters is 1. The summed E-state index contributed by atoms with van der Waals surface area (Å²) < 4.78 is 6.96. The number of nitrogens with zero attached hydrogens (tertiary/aromatic N) is 4. The number of aromatic nitrogens is 2. The fourth-order valence-corrected chi connectivity index (χ4v) is 5.66. The Hall–Kier alpha value is -3.19. The molecule has 3 aromatic rings. The molecule has 41 heavy (non-hydrogen) atoms. The summed E-state index contributed by atoms with van der Waals surface area (Å²) in [6.07, 6.45) is 9.51. The molecule has 1 aliphatic heterocycles. The molecule has 1 amide bonds. The molecule has 1 saturated heterocycles. The Bertz CT molecular complexity index is 1290. The van der Waals surface area contributed by atoms with Gasteiger partial charge in [-0.1, -0.05) is 52.3 Å². The molecule has 1 fully saturated rings. The van der Waals surface area contributed by atoms with E-state index in [1.165, 1.54) is 26.4 Å². The van der Waals surface area contributed by atoms with E-state index >= 15 is 0 Å². The number of rotatable bonds is 13. The van der Waals surface area contributed by atoms with Crippen LogP contribution in [-0.2, 0) is 11.2 Å². The number of fused-ring (bicyclic) bond motifs is 1. The first kappa shape index (κ1) is 30.8. The Kier molecular flexibility index (Phi) is 11.0. The SMILES string of the molecule is COC(=O)c1ccccc1-c1nn2ccc(C(=O)N(CCC(C)C)CCC(C)C)cc2c1CCCN1CCCCC1. The molecular formula is C34H48N4O3. The van der Waals surface area contributed by atoms with Gasteiger partial charge in [-0.3, -0.25) is 4.79 Å². The van der Waals surface area contributed by atoms with Gasteiger partial charge < -0.3 is 14.5 Å². The van der Waals surface area contributed by atoms with Gasteiger partial charge in [0.15, 0.2) is 0 Å². The van der Waals surface area contributed by atoms with Crippen LogP contribution in [0.15, 0.2) is 42.6 Å². The van der Waals surface area contributed by atoms with E-state index < -0.39 is 0 Å². The average molecular weight is 561 g/mol. The highest BCUT2D eigenvalue weighted by atomic mass is 16.5. The zero-order chi connectivity index (χ0) is 29.4. The smallest absolute Gasteiger partial charge is 0.338 e. The number of hydrogen-bond acceptors (Lipinski definition) is 5. The third kappa shape index (κ3) is 7.97. The van der Waals surface area contributed by atoms with Crippen LogP contribution in [0.2, 0.25) is 0 Å². The maximum atomic E-state index is 13.8. The summed E-state index contributed by atoms with van der Waals surface area (Å²) in [5.41, 5.74) is 4.74. The second kappa shape index (κ2) is 14.6.